The second-order valence-corrected chi connectivity index (χ2v) is 6.72. The molecule has 0 aromatic carbocycles. The Balaban J connectivity index is 2.10. The third-order valence-electron chi connectivity index (χ3n) is 2.50. The summed E-state index contributed by atoms with van der Waals surface area (Å²) in [6, 6.07) is 0.0128. The van der Waals surface area contributed by atoms with Crippen LogP contribution in [0.15, 0.2) is 17.3 Å². The summed E-state index contributed by atoms with van der Waals surface area (Å²) in [5.74, 6) is 2.05. The van der Waals surface area contributed by atoms with Gasteiger partial charge in [0, 0.05) is 6.04 Å². The Morgan fingerprint density at radius 3 is 2.47 bits per heavy atom. The van der Waals surface area contributed by atoms with Gasteiger partial charge in [0.05, 0.1) is 12.4 Å². The van der Waals surface area contributed by atoms with E-state index in [0.717, 1.165) is 24.3 Å². The molecule has 17 heavy (non-hydrogen) atoms. The topological polar surface area (TPSA) is 98.0 Å². The molecule has 1 aliphatic rings. The van der Waals surface area contributed by atoms with Crippen molar-refractivity contribution in [1.29, 1.82) is 0 Å². The summed E-state index contributed by atoms with van der Waals surface area (Å²) in [6.45, 7) is 0. The van der Waals surface area contributed by atoms with E-state index in [9.17, 15) is 8.42 Å². The molecule has 6 nitrogen and oxygen atoms in total. The molecule has 0 spiro atoms. The molecule has 0 atom stereocenters. The average molecular weight is 274 g/mol. The van der Waals surface area contributed by atoms with Crippen molar-refractivity contribution >= 4 is 27.7 Å². The molecular weight excluding hydrogens is 260 g/mol. The zero-order valence-electron chi connectivity index (χ0n) is 9.17. The molecule has 0 unspecified atom stereocenters. The summed E-state index contributed by atoms with van der Waals surface area (Å²) in [7, 11) is -3.52. The summed E-state index contributed by atoms with van der Waals surface area (Å²) in [4.78, 5) is 7.42. The van der Waals surface area contributed by atoms with Crippen molar-refractivity contribution in [1.82, 2.24) is 14.7 Å². The minimum absolute atomic E-state index is 0.0128. The Morgan fingerprint density at radius 1 is 1.29 bits per heavy atom. The quantitative estimate of drug-likeness (QED) is 0.819. The van der Waals surface area contributed by atoms with Gasteiger partial charge in [-0.3, -0.25) is 0 Å². The van der Waals surface area contributed by atoms with Gasteiger partial charge in [-0.1, -0.05) is 0 Å². The highest BCUT2D eigenvalue weighted by Gasteiger charge is 2.22. The second kappa shape index (κ2) is 5.19. The summed E-state index contributed by atoms with van der Waals surface area (Å²) < 4.78 is 26.6. The normalized spacial score (nSPS) is 18.1. The van der Waals surface area contributed by atoms with Crippen molar-refractivity contribution in [2.24, 2.45) is 0 Å². The van der Waals surface area contributed by atoms with Gasteiger partial charge in [-0.05, 0) is 24.3 Å². The first-order chi connectivity index (χ1) is 8.08. The van der Waals surface area contributed by atoms with Crippen LogP contribution in [0.4, 0.5) is 5.95 Å². The van der Waals surface area contributed by atoms with Crippen molar-refractivity contribution in [3.05, 3.63) is 12.4 Å². The number of hydrogen-bond donors (Lipinski definition) is 2. The first-order valence-corrected chi connectivity index (χ1v) is 7.89. The number of sulfonamides is 1. The molecule has 94 valence electrons. The zero-order valence-corrected chi connectivity index (χ0v) is 10.8. The van der Waals surface area contributed by atoms with Crippen molar-refractivity contribution < 1.29 is 8.42 Å². The lowest BCUT2D eigenvalue weighted by Gasteiger charge is -2.22. The summed E-state index contributed by atoms with van der Waals surface area (Å²) in [6.07, 6.45) is 4.17. The highest BCUT2D eigenvalue weighted by atomic mass is 32.2. The number of hydrogen-bond acceptors (Lipinski definition) is 6. The SMILES string of the molecule is Nc1ncc(S(=O)(=O)NC2CCSCC2)cn1. The maximum absolute atomic E-state index is 12.0. The molecule has 1 aromatic heterocycles. The number of nitrogens with one attached hydrogen (secondary N) is 1. The maximum Gasteiger partial charge on any atom is 0.243 e. The minimum Gasteiger partial charge on any atom is -0.368 e. The monoisotopic (exact) mass is 274 g/mol. The van der Waals surface area contributed by atoms with Crippen molar-refractivity contribution in [3.63, 3.8) is 0 Å². The Morgan fingerprint density at radius 2 is 1.88 bits per heavy atom. The molecule has 8 heteroatoms. The lowest BCUT2D eigenvalue weighted by Crippen LogP contribution is -2.37. The molecular formula is C9H14N4O2S2. The lowest BCUT2D eigenvalue weighted by molar-refractivity contribution is 0.528. The predicted molar refractivity (Wildman–Crippen MR) is 67.1 cm³/mol. The Bertz CT molecular complexity index is 468. The molecule has 0 bridgehead atoms. The fourth-order valence-electron chi connectivity index (χ4n) is 1.57. The molecule has 2 heterocycles. The van der Waals surface area contributed by atoms with E-state index in [1.807, 2.05) is 11.8 Å². The first-order valence-electron chi connectivity index (χ1n) is 5.25. The van der Waals surface area contributed by atoms with Crippen LogP contribution in [0.5, 0.6) is 0 Å². The Hall–Kier alpha value is -0.860. The van der Waals surface area contributed by atoms with Crippen molar-refractivity contribution in [2.45, 2.75) is 23.8 Å². The van der Waals surface area contributed by atoms with Gasteiger partial charge in [-0.2, -0.15) is 11.8 Å². The molecule has 3 N–H and O–H groups in total. The minimum atomic E-state index is -3.52. The van der Waals surface area contributed by atoms with Crippen LogP contribution in [0, 0.1) is 0 Å². The highest BCUT2D eigenvalue weighted by molar-refractivity contribution is 7.99. The lowest BCUT2D eigenvalue weighted by atomic mass is 10.2. The zero-order chi connectivity index (χ0) is 12.3. The van der Waals surface area contributed by atoms with Crippen LogP contribution in [-0.2, 0) is 10.0 Å². The van der Waals surface area contributed by atoms with Crippen LogP contribution < -0.4 is 10.5 Å². The number of nitrogens with two attached hydrogens (primary N) is 1. The summed E-state index contributed by atoms with van der Waals surface area (Å²) >= 11 is 1.85. The van der Waals surface area contributed by atoms with E-state index >= 15 is 0 Å². The van der Waals surface area contributed by atoms with E-state index in [0.29, 0.717) is 0 Å². The molecule has 1 aromatic rings. The number of anilines is 1. The van der Waals surface area contributed by atoms with Crippen LogP contribution in [0.1, 0.15) is 12.8 Å². The van der Waals surface area contributed by atoms with Crippen LogP contribution in [-0.4, -0.2) is 35.9 Å². The fraction of sp³-hybridized carbons (Fsp3) is 0.556. The third-order valence-corrected chi connectivity index (χ3v) is 5.03. The van der Waals surface area contributed by atoms with E-state index in [-0.39, 0.29) is 16.9 Å². The third kappa shape index (κ3) is 3.30. The van der Waals surface area contributed by atoms with E-state index in [1.165, 1.54) is 12.4 Å². The van der Waals surface area contributed by atoms with Crippen molar-refractivity contribution in [2.75, 3.05) is 17.2 Å². The molecule has 0 saturated carbocycles. The van der Waals surface area contributed by atoms with Gasteiger partial charge < -0.3 is 5.73 Å². The van der Waals surface area contributed by atoms with E-state index in [2.05, 4.69) is 14.7 Å². The van der Waals surface area contributed by atoms with Gasteiger partial charge >= 0.3 is 0 Å². The molecule has 1 saturated heterocycles. The number of nitrogen functional groups attached to an aromatic ring is 1. The van der Waals surface area contributed by atoms with Gasteiger partial charge in [-0.15, -0.1) is 0 Å². The summed E-state index contributed by atoms with van der Waals surface area (Å²) in [5.41, 5.74) is 5.31. The van der Waals surface area contributed by atoms with Crippen LogP contribution >= 0.6 is 11.8 Å². The predicted octanol–water partition coefficient (Wildman–Crippen LogP) is 0.233. The molecule has 0 radical (unpaired) electrons. The van der Waals surface area contributed by atoms with E-state index < -0.39 is 10.0 Å². The summed E-state index contributed by atoms with van der Waals surface area (Å²) in [5, 5.41) is 0. The number of rotatable bonds is 3. The number of thioether (sulfide) groups is 1. The molecule has 0 aliphatic carbocycles. The molecule has 1 fully saturated rings. The van der Waals surface area contributed by atoms with Crippen LogP contribution in [0.2, 0.25) is 0 Å². The smallest absolute Gasteiger partial charge is 0.243 e. The Kier molecular flexibility index (Phi) is 3.85. The van der Waals surface area contributed by atoms with Gasteiger partial charge in [0.2, 0.25) is 16.0 Å². The van der Waals surface area contributed by atoms with Gasteiger partial charge in [0.15, 0.2) is 0 Å². The van der Waals surface area contributed by atoms with Gasteiger partial charge in [0.25, 0.3) is 0 Å². The molecule has 1 aliphatic heterocycles. The van der Waals surface area contributed by atoms with Crippen LogP contribution in [0.3, 0.4) is 0 Å². The van der Waals surface area contributed by atoms with Crippen molar-refractivity contribution in [3.8, 4) is 0 Å². The average Bonchev–Trinajstić information content (AvgIpc) is 2.30. The molecule has 0 amide bonds. The standard InChI is InChI=1S/C9H14N4O2S2/c10-9-11-5-8(6-12-9)17(14,15)13-7-1-3-16-4-2-7/h5-7,13H,1-4H2,(H2,10,11,12). The molecule has 2 rings (SSSR count). The van der Waals surface area contributed by atoms with Gasteiger partial charge in [-0.25, -0.2) is 23.1 Å². The first kappa shape index (κ1) is 12.6. The fourth-order valence-corrected chi connectivity index (χ4v) is 3.87. The number of aromatic nitrogens is 2. The highest BCUT2D eigenvalue weighted by Crippen LogP contribution is 2.18. The second-order valence-electron chi connectivity index (χ2n) is 3.78. The maximum atomic E-state index is 12.0. The van der Waals surface area contributed by atoms with Crippen LogP contribution in [0.25, 0.3) is 0 Å². The van der Waals surface area contributed by atoms with E-state index in [1.54, 1.807) is 0 Å². The largest absolute Gasteiger partial charge is 0.368 e. The number of nitrogens with zero attached hydrogens (tertiary/aromatic N) is 2. The van der Waals surface area contributed by atoms with E-state index in [4.69, 9.17) is 5.73 Å². The van der Waals surface area contributed by atoms with Gasteiger partial charge in [0.1, 0.15) is 4.90 Å². The Labute approximate surface area is 104 Å².